The lowest BCUT2D eigenvalue weighted by Crippen LogP contribution is -2.42. The van der Waals surface area contributed by atoms with Crippen molar-refractivity contribution >= 4 is 5.97 Å². The van der Waals surface area contributed by atoms with Gasteiger partial charge in [-0.15, -0.1) is 0 Å². The third-order valence-corrected chi connectivity index (χ3v) is 4.44. The van der Waals surface area contributed by atoms with Gasteiger partial charge in [0.25, 0.3) is 0 Å². The summed E-state index contributed by atoms with van der Waals surface area (Å²) in [4.78, 5) is 15.4. The smallest absolute Gasteiger partial charge is 0.317 e. The Hall–Kier alpha value is -0.610. The van der Waals surface area contributed by atoms with Crippen molar-refractivity contribution in [2.45, 2.75) is 57.9 Å². The number of likely N-dealkylation sites (N-methyl/N-ethyl adjacent to an activating group) is 1. The van der Waals surface area contributed by atoms with Crippen LogP contribution in [0.1, 0.15) is 51.9 Å². The topological polar surface area (TPSA) is 43.8 Å². The molecule has 0 heterocycles. The summed E-state index contributed by atoms with van der Waals surface area (Å²) in [5.74, 6) is 0.170. The normalized spacial score (nSPS) is 24.1. The van der Waals surface area contributed by atoms with Crippen LogP contribution in [0.2, 0.25) is 0 Å². The molecular formula is C16H32N2O2. The van der Waals surface area contributed by atoms with Crippen molar-refractivity contribution in [1.29, 1.82) is 0 Å². The predicted molar refractivity (Wildman–Crippen MR) is 83.0 cm³/mol. The molecule has 1 saturated carbocycles. The van der Waals surface area contributed by atoms with E-state index in [9.17, 15) is 4.79 Å². The van der Waals surface area contributed by atoms with Gasteiger partial charge in [0.15, 0.2) is 0 Å². The number of aliphatic carboxylic acids is 1. The van der Waals surface area contributed by atoms with Crippen molar-refractivity contribution in [2.24, 2.45) is 5.92 Å². The van der Waals surface area contributed by atoms with E-state index in [1.165, 1.54) is 44.9 Å². The van der Waals surface area contributed by atoms with Crippen LogP contribution in [-0.2, 0) is 4.79 Å². The van der Waals surface area contributed by atoms with E-state index in [1.807, 2.05) is 14.1 Å². The lowest BCUT2D eigenvalue weighted by molar-refractivity contribution is -0.139. The van der Waals surface area contributed by atoms with Crippen LogP contribution in [0, 0.1) is 5.92 Å². The van der Waals surface area contributed by atoms with Crippen molar-refractivity contribution in [3.63, 3.8) is 0 Å². The average Bonchev–Trinajstić information content (AvgIpc) is 2.60. The van der Waals surface area contributed by atoms with E-state index in [1.54, 1.807) is 0 Å². The molecule has 0 bridgehead atoms. The summed E-state index contributed by atoms with van der Waals surface area (Å²) in [5.41, 5.74) is 0. The maximum absolute atomic E-state index is 11.1. The highest BCUT2D eigenvalue weighted by molar-refractivity contribution is 5.69. The van der Waals surface area contributed by atoms with Gasteiger partial charge in [0.05, 0.1) is 6.54 Å². The van der Waals surface area contributed by atoms with Gasteiger partial charge in [0.2, 0.25) is 0 Å². The van der Waals surface area contributed by atoms with Gasteiger partial charge in [-0.3, -0.25) is 9.69 Å². The molecule has 0 radical (unpaired) electrons. The Morgan fingerprint density at radius 1 is 1.15 bits per heavy atom. The first-order chi connectivity index (χ1) is 9.52. The molecule has 0 spiro atoms. The molecule has 1 fully saturated rings. The van der Waals surface area contributed by atoms with E-state index in [0.717, 1.165) is 19.0 Å². The zero-order chi connectivity index (χ0) is 15.0. The molecule has 0 aromatic carbocycles. The molecule has 4 nitrogen and oxygen atoms in total. The van der Waals surface area contributed by atoms with E-state index in [0.29, 0.717) is 6.04 Å². The number of carbonyl (C=O) groups is 1. The second kappa shape index (κ2) is 9.35. The summed E-state index contributed by atoms with van der Waals surface area (Å²) >= 11 is 0. The van der Waals surface area contributed by atoms with Gasteiger partial charge in [0.1, 0.15) is 0 Å². The fraction of sp³-hybridized carbons (Fsp3) is 0.938. The van der Waals surface area contributed by atoms with Gasteiger partial charge in [0, 0.05) is 19.1 Å². The first-order valence-electron chi connectivity index (χ1n) is 8.13. The average molecular weight is 284 g/mol. The first kappa shape index (κ1) is 17.4. The fourth-order valence-corrected chi connectivity index (χ4v) is 3.31. The number of rotatable bonds is 8. The summed E-state index contributed by atoms with van der Waals surface area (Å²) in [6, 6.07) is 0.466. The summed E-state index contributed by atoms with van der Waals surface area (Å²) in [7, 11) is 4.09. The quantitative estimate of drug-likeness (QED) is 0.696. The minimum absolute atomic E-state index is 0.191. The molecule has 0 aromatic rings. The molecule has 0 amide bonds. The van der Waals surface area contributed by atoms with E-state index >= 15 is 0 Å². The zero-order valence-electron chi connectivity index (χ0n) is 13.5. The molecule has 1 aliphatic carbocycles. The van der Waals surface area contributed by atoms with Gasteiger partial charge in [-0.25, -0.2) is 0 Å². The van der Waals surface area contributed by atoms with Crippen LogP contribution in [-0.4, -0.2) is 60.6 Å². The summed E-state index contributed by atoms with van der Waals surface area (Å²) in [6.45, 7) is 4.25. The maximum atomic E-state index is 11.1. The summed E-state index contributed by atoms with van der Waals surface area (Å²) in [5, 5.41) is 9.13. The van der Waals surface area contributed by atoms with Crippen molar-refractivity contribution in [3.05, 3.63) is 0 Å². The van der Waals surface area contributed by atoms with Gasteiger partial charge in [-0.1, -0.05) is 32.6 Å². The Morgan fingerprint density at radius 3 is 2.50 bits per heavy atom. The molecule has 0 saturated heterocycles. The van der Waals surface area contributed by atoms with Crippen molar-refractivity contribution in [1.82, 2.24) is 9.80 Å². The van der Waals surface area contributed by atoms with Crippen LogP contribution in [0.5, 0.6) is 0 Å². The molecule has 1 N–H and O–H groups in total. The summed E-state index contributed by atoms with van der Waals surface area (Å²) in [6.07, 6.45) is 8.81. The minimum Gasteiger partial charge on any atom is -0.480 e. The van der Waals surface area contributed by atoms with Crippen molar-refractivity contribution in [2.75, 3.05) is 33.7 Å². The molecule has 2 atom stereocenters. The van der Waals surface area contributed by atoms with E-state index in [4.69, 9.17) is 5.11 Å². The molecule has 0 aromatic heterocycles. The van der Waals surface area contributed by atoms with Gasteiger partial charge in [-0.05, 0) is 39.3 Å². The fourth-order valence-electron chi connectivity index (χ4n) is 3.31. The molecule has 2 unspecified atom stereocenters. The van der Waals surface area contributed by atoms with Crippen LogP contribution >= 0.6 is 0 Å². The SMILES string of the molecule is CCCC1CCCC(N(CCN(C)C)CC(=O)O)CC1. The van der Waals surface area contributed by atoms with Gasteiger partial charge in [-0.2, -0.15) is 0 Å². The number of carboxylic acid groups (broad SMARTS) is 1. The Bertz CT molecular complexity index is 282. The van der Waals surface area contributed by atoms with E-state index in [2.05, 4.69) is 16.7 Å². The molecule has 1 aliphatic rings. The largest absolute Gasteiger partial charge is 0.480 e. The molecule has 0 aliphatic heterocycles. The third-order valence-electron chi connectivity index (χ3n) is 4.44. The molecule has 118 valence electrons. The molecule has 20 heavy (non-hydrogen) atoms. The molecular weight excluding hydrogens is 252 g/mol. The molecule has 4 heteroatoms. The van der Waals surface area contributed by atoms with Crippen LogP contribution in [0.25, 0.3) is 0 Å². The number of hydrogen-bond donors (Lipinski definition) is 1. The Labute approximate surface area is 124 Å². The molecule has 1 rings (SSSR count). The van der Waals surface area contributed by atoms with Crippen molar-refractivity contribution in [3.8, 4) is 0 Å². The zero-order valence-corrected chi connectivity index (χ0v) is 13.5. The van der Waals surface area contributed by atoms with Crippen LogP contribution < -0.4 is 0 Å². The van der Waals surface area contributed by atoms with Gasteiger partial charge < -0.3 is 10.0 Å². The highest BCUT2D eigenvalue weighted by atomic mass is 16.4. The summed E-state index contributed by atoms with van der Waals surface area (Å²) < 4.78 is 0. The highest BCUT2D eigenvalue weighted by Gasteiger charge is 2.24. The van der Waals surface area contributed by atoms with Crippen LogP contribution in [0.15, 0.2) is 0 Å². The lowest BCUT2D eigenvalue weighted by Gasteiger charge is -2.30. The predicted octanol–water partition coefficient (Wildman–Crippen LogP) is 2.68. The number of carboxylic acids is 1. The van der Waals surface area contributed by atoms with E-state index in [-0.39, 0.29) is 6.54 Å². The van der Waals surface area contributed by atoms with Crippen LogP contribution in [0.3, 0.4) is 0 Å². The Kier molecular flexibility index (Phi) is 8.15. The second-order valence-corrected chi connectivity index (χ2v) is 6.48. The second-order valence-electron chi connectivity index (χ2n) is 6.48. The Balaban J connectivity index is 2.53. The monoisotopic (exact) mass is 284 g/mol. The number of nitrogens with zero attached hydrogens (tertiary/aromatic N) is 2. The standard InChI is InChI=1S/C16H32N2O2/c1-4-6-14-7-5-8-15(10-9-14)18(13-16(19)20)12-11-17(2)3/h14-15H,4-13H2,1-3H3,(H,19,20). The Morgan fingerprint density at radius 2 is 1.90 bits per heavy atom. The lowest BCUT2D eigenvalue weighted by atomic mass is 9.95. The maximum Gasteiger partial charge on any atom is 0.317 e. The number of hydrogen-bond acceptors (Lipinski definition) is 3. The highest BCUT2D eigenvalue weighted by Crippen LogP contribution is 2.29. The minimum atomic E-state index is -0.696. The third kappa shape index (κ3) is 6.71. The van der Waals surface area contributed by atoms with Crippen LogP contribution in [0.4, 0.5) is 0 Å². The van der Waals surface area contributed by atoms with Crippen molar-refractivity contribution < 1.29 is 9.90 Å². The first-order valence-corrected chi connectivity index (χ1v) is 8.13. The van der Waals surface area contributed by atoms with E-state index < -0.39 is 5.97 Å². The van der Waals surface area contributed by atoms with Gasteiger partial charge >= 0.3 is 5.97 Å².